The van der Waals surface area contributed by atoms with E-state index >= 15 is 0 Å². The van der Waals surface area contributed by atoms with Crippen molar-refractivity contribution in [2.24, 2.45) is 0 Å². The molecule has 3 nitrogen and oxygen atoms in total. The maximum Gasteiger partial charge on any atom is 0.252 e. The van der Waals surface area contributed by atoms with E-state index < -0.39 is 0 Å². The zero-order valence-corrected chi connectivity index (χ0v) is 51.2. The van der Waals surface area contributed by atoms with Crippen molar-refractivity contribution in [2.75, 3.05) is 14.7 Å². The molecule has 0 fully saturated rings. The minimum absolute atomic E-state index is 0.0201. The lowest BCUT2D eigenvalue weighted by Gasteiger charge is -2.48. The molecule has 0 N–H and O–H groups in total. The van der Waals surface area contributed by atoms with Crippen molar-refractivity contribution in [2.45, 2.75) is 181 Å². The first-order valence-corrected chi connectivity index (χ1v) is 30.0. The van der Waals surface area contributed by atoms with Crippen molar-refractivity contribution in [3.8, 4) is 11.1 Å². The molecule has 5 aliphatic rings. The second kappa shape index (κ2) is 17.4. The van der Waals surface area contributed by atoms with Crippen LogP contribution in [0.2, 0.25) is 0 Å². The molecule has 3 aliphatic carbocycles. The average Bonchev–Trinajstić information content (AvgIpc) is 3.81. The Morgan fingerprint density at radius 2 is 0.900 bits per heavy atom. The summed E-state index contributed by atoms with van der Waals surface area (Å²) in [7, 11) is 0. The Hall–Kier alpha value is -6.78. The lowest BCUT2D eigenvalue weighted by molar-refractivity contribution is 0.332. The van der Waals surface area contributed by atoms with Gasteiger partial charge < -0.3 is 14.7 Å². The van der Waals surface area contributed by atoms with E-state index in [4.69, 9.17) is 0 Å². The Morgan fingerprint density at radius 3 is 1.49 bits per heavy atom. The third kappa shape index (κ3) is 7.95. The molecule has 0 saturated heterocycles. The minimum Gasteiger partial charge on any atom is -0.311 e. The molecule has 0 spiro atoms. The minimum atomic E-state index is -0.170. The van der Waals surface area contributed by atoms with Crippen molar-refractivity contribution in [1.82, 2.24) is 0 Å². The number of hydrogen-bond donors (Lipinski definition) is 0. The number of hydrogen-bond acceptors (Lipinski definition) is 3. The van der Waals surface area contributed by atoms with Gasteiger partial charge in [0, 0.05) is 56.5 Å². The summed E-state index contributed by atoms with van der Waals surface area (Å²) >= 11 is 0. The summed E-state index contributed by atoms with van der Waals surface area (Å²) in [6.07, 6.45) is 4.68. The number of nitrogens with zero attached hydrogens (tertiary/aromatic N) is 3. The largest absolute Gasteiger partial charge is 0.311 e. The molecule has 4 heteroatoms. The maximum absolute atomic E-state index is 2.71. The molecule has 0 saturated carbocycles. The molecule has 0 unspecified atom stereocenters. The number of fused-ring (bicyclic) bond motifs is 9. The van der Waals surface area contributed by atoms with Crippen LogP contribution in [0.25, 0.3) is 11.1 Å². The number of benzene rings is 8. The van der Waals surface area contributed by atoms with Crippen LogP contribution in [-0.2, 0) is 37.9 Å². The third-order valence-electron chi connectivity index (χ3n) is 20.3. The molecule has 80 heavy (non-hydrogen) atoms. The van der Waals surface area contributed by atoms with Gasteiger partial charge in [-0.25, -0.2) is 0 Å². The molecule has 0 bridgehead atoms. The lowest BCUT2D eigenvalue weighted by Crippen LogP contribution is -2.62. The van der Waals surface area contributed by atoms with Crippen LogP contribution in [0.1, 0.15) is 187 Å². The van der Waals surface area contributed by atoms with Gasteiger partial charge in [0.1, 0.15) is 0 Å². The van der Waals surface area contributed by atoms with E-state index in [1.165, 1.54) is 125 Å². The highest BCUT2D eigenvalue weighted by molar-refractivity contribution is 7.00. The SMILES string of the molecule is Cc1cc2c3c(c1)N(c1cccc4c1-c1ccccc1C4(C)C)c1cc(N(c4ccc(C(C)(C)C)cc4)c4ccc(C(C)(C)C)cc4)ccc1B3c1cc3c(cc1N2c1ccc2c(c1)C(C)(C)CCC2(C)C)C(C)(C)CCC3(C)C. The van der Waals surface area contributed by atoms with Crippen LogP contribution >= 0.6 is 0 Å². The van der Waals surface area contributed by atoms with Crippen molar-refractivity contribution < 1.29 is 0 Å². The van der Waals surface area contributed by atoms with Crippen molar-refractivity contribution in [3.05, 3.63) is 202 Å². The molecule has 0 amide bonds. The molecular formula is C76H84BN3. The van der Waals surface area contributed by atoms with Crippen LogP contribution in [0.3, 0.4) is 0 Å². The smallest absolute Gasteiger partial charge is 0.252 e. The molecule has 8 aromatic rings. The normalized spacial score (nSPS) is 18.3. The van der Waals surface area contributed by atoms with E-state index in [-0.39, 0.29) is 44.6 Å². The molecule has 13 rings (SSSR count). The quantitative estimate of drug-likeness (QED) is 0.159. The summed E-state index contributed by atoms with van der Waals surface area (Å²) < 4.78 is 0. The van der Waals surface area contributed by atoms with Gasteiger partial charge in [0.15, 0.2) is 0 Å². The zero-order chi connectivity index (χ0) is 56.6. The topological polar surface area (TPSA) is 9.72 Å². The summed E-state index contributed by atoms with van der Waals surface area (Å²) in [5.41, 5.74) is 30.5. The monoisotopic (exact) mass is 1050 g/mol. The first-order chi connectivity index (χ1) is 37.6. The van der Waals surface area contributed by atoms with Crippen LogP contribution < -0.4 is 31.1 Å². The van der Waals surface area contributed by atoms with E-state index in [1.54, 1.807) is 0 Å². The Kier molecular flexibility index (Phi) is 11.4. The molecule has 406 valence electrons. The van der Waals surface area contributed by atoms with Gasteiger partial charge in [0.25, 0.3) is 6.71 Å². The number of anilines is 9. The predicted octanol–water partition coefficient (Wildman–Crippen LogP) is 19.1. The Morgan fingerprint density at radius 1 is 0.400 bits per heavy atom. The number of aryl methyl sites for hydroxylation is 1. The van der Waals surface area contributed by atoms with Crippen molar-refractivity contribution in [1.29, 1.82) is 0 Å². The van der Waals surface area contributed by atoms with E-state index in [2.05, 4.69) is 284 Å². The van der Waals surface area contributed by atoms with E-state index in [0.717, 1.165) is 29.9 Å². The second-order valence-corrected chi connectivity index (χ2v) is 30.1. The highest BCUT2D eigenvalue weighted by Gasteiger charge is 2.49. The van der Waals surface area contributed by atoms with Crippen LogP contribution in [0.15, 0.2) is 152 Å². The van der Waals surface area contributed by atoms with Crippen molar-refractivity contribution in [3.63, 3.8) is 0 Å². The standard InChI is InChI=1S/C76H84BN3/c1-47-41-66-69-67(42-47)80(63-24-20-23-57-68(63)54-21-18-19-22-55(54)76(57,16)17)64-44-53(78(50-29-25-48(26-30-50)70(2,3)4)51-31-27-49(28-32-51)71(5,6)7)34-36-61(64)77(69)62-45-59-60(75(14,15)40-39-74(59,12)13)46-65(62)79(66)52-33-35-56-58(43-52)73(10,11)38-37-72(56,8)9/h18-36,41-46H,37-40H2,1-17H3. The summed E-state index contributed by atoms with van der Waals surface area (Å²) in [6, 6.07) is 60.5. The van der Waals surface area contributed by atoms with Crippen LogP contribution in [0, 0.1) is 6.92 Å². The van der Waals surface area contributed by atoms with Crippen LogP contribution in [0.5, 0.6) is 0 Å². The van der Waals surface area contributed by atoms with Crippen LogP contribution in [0.4, 0.5) is 51.2 Å². The molecule has 2 heterocycles. The Balaban J connectivity index is 1.13. The fourth-order valence-corrected chi connectivity index (χ4v) is 15.2. The Labute approximate surface area is 480 Å². The molecule has 0 atom stereocenters. The third-order valence-corrected chi connectivity index (χ3v) is 20.3. The van der Waals surface area contributed by atoms with Gasteiger partial charge in [-0.05, 0) is 210 Å². The van der Waals surface area contributed by atoms with Gasteiger partial charge in [-0.15, -0.1) is 0 Å². The first-order valence-electron chi connectivity index (χ1n) is 30.0. The molecule has 8 aromatic carbocycles. The van der Waals surface area contributed by atoms with Gasteiger partial charge in [-0.2, -0.15) is 0 Å². The maximum atomic E-state index is 2.71. The van der Waals surface area contributed by atoms with E-state index in [0.29, 0.717) is 0 Å². The van der Waals surface area contributed by atoms with Gasteiger partial charge in [0.05, 0.1) is 5.69 Å². The van der Waals surface area contributed by atoms with E-state index in [9.17, 15) is 0 Å². The summed E-state index contributed by atoms with van der Waals surface area (Å²) in [4.78, 5) is 7.91. The number of rotatable bonds is 5. The molecule has 0 aromatic heterocycles. The average molecular weight is 1050 g/mol. The predicted molar refractivity (Wildman–Crippen MR) is 345 cm³/mol. The molecular weight excluding hydrogens is 966 g/mol. The molecule has 2 aliphatic heterocycles. The highest BCUT2D eigenvalue weighted by Crippen LogP contribution is 2.57. The summed E-state index contributed by atoms with van der Waals surface area (Å²) in [5.74, 6) is 0. The second-order valence-electron chi connectivity index (χ2n) is 30.1. The van der Waals surface area contributed by atoms with Gasteiger partial charge >= 0.3 is 0 Å². The summed E-state index contributed by atoms with van der Waals surface area (Å²) in [6.45, 7) is 40.8. The Bertz CT molecular complexity index is 3790. The van der Waals surface area contributed by atoms with Gasteiger partial charge in [-0.3, -0.25) is 0 Å². The lowest BCUT2D eigenvalue weighted by atomic mass is 9.33. The molecule has 0 radical (unpaired) electrons. The fraction of sp³-hybridized carbons (Fsp3) is 0.368. The zero-order valence-electron chi connectivity index (χ0n) is 51.2. The fourth-order valence-electron chi connectivity index (χ4n) is 15.2. The van der Waals surface area contributed by atoms with Gasteiger partial charge in [0.2, 0.25) is 0 Å². The van der Waals surface area contributed by atoms with Crippen molar-refractivity contribution >= 4 is 74.3 Å². The summed E-state index contributed by atoms with van der Waals surface area (Å²) in [5, 5.41) is 0. The first kappa shape index (κ1) is 52.6. The van der Waals surface area contributed by atoms with Crippen LogP contribution in [-0.4, -0.2) is 6.71 Å². The van der Waals surface area contributed by atoms with E-state index in [1.807, 2.05) is 0 Å². The highest BCUT2D eigenvalue weighted by atomic mass is 15.2. The van der Waals surface area contributed by atoms with Gasteiger partial charge in [-0.1, -0.05) is 190 Å².